The second-order valence-electron chi connectivity index (χ2n) is 5.60. The molecule has 2 aliphatic rings. The summed E-state index contributed by atoms with van der Waals surface area (Å²) in [6, 6.07) is 0.418. The Morgan fingerprint density at radius 2 is 2.35 bits per heavy atom. The number of nitrogens with two attached hydrogens (primary N) is 1. The van der Waals surface area contributed by atoms with E-state index in [0.717, 1.165) is 38.4 Å². The van der Waals surface area contributed by atoms with E-state index in [0.29, 0.717) is 12.1 Å². The van der Waals surface area contributed by atoms with Crippen LogP contribution in [0.2, 0.25) is 0 Å². The zero-order valence-electron chi connectivity index (χ0n) is 11.3. The van der Waals surface area contributed by atoms with Crippen molar-refractivity contribution in [3.63, 3.8) is 0 Å². The van der Waals surface area contributed by atoms with Crippen LogP contribution in [-0.4, -0.2) is 41.7 Å². The van der Waals surface area contributed by atoms with Crippen LogP contribution in [0.15, 0.2) is 4.99 Å². The Labute approximate surface area is 104 Å². The van der Waals surface area contributed by atoms with Gasteiger partial charge in [0.15, 0.2) is 5.96 Å². The highest BCUT2D eigenvalue weighted by molar-refractivity contribution is 5.81. The number of nitrogens with zero attached hydrogens (tertiary/aromatic N) is 2. The molecule has 2 unspecified atom stereocenters. The molecule has 0 amide bonds. The second kappa shape index (κ2) is 4.84. The van der Waals surface area contributed by atoms with Crippen LogP contribution in [0, 0.1) is 0 Å². The van der Waals surface area contributed by atoms with Crippen LogP contribution in [0.5, 0.6) is 0 Å². The van der Waals surface area contributed by atoms with Crippen molar-refractivity contribution in [2.24, 2.45) is 10.7 Å². The molecular weight excluding hydrogens is 214 g/mol. The number of aliphatic imine (C=N–C) groups is 1. The van der Waals surface area contributed by atoms with E-state index in [2.05, 4.69) is 30.7 Å². The third-order valence-corrected chi connectivity index (χ3v) is 3.95. The Hall–Kier alpha value is -0.770. The molecular formula is C13H25N3O. The number of guanidine groups is 1. The molecule has 2 aliphatic heterocycles. The summed E-state index contributed by atoms with van der Waals surface area (Å²) in [7, 11) is 0. The lowest BCUT2D eigenvalue weighted by Gasteiger charge is -2.46. The van der Waals surface area contributed by atoms with Crippen molar-refractivity contribution in [1.82, 2.24) is 4.90 Å². The lowest BCUT2D eigenvalue weighted by atomic mass is 9.84. The summed E-state index contributed by atoms with van der Waals surface area (Å²) >= 11 is 0. The molecule has 0 saturated carbocycles. The maximum Gasteiger partial charge on any atom is 0.192 e. The molecule has 2 heterocycles. The molecule has 0 aromatic rings. The molecule has 1 fully saturated rings. The molecule has 0 aromatic carbocycles. The van der Waals surface area contributed by atoms with Gasteiger partial charge in [0, 0.05) is 12.6 Å². The Morgan fingerprint density at radius 3 is 3.00 bits per heavy atom. The second-order valence-corrected chi connectivity index (χ2v) is 5.60. The number of hydrogen-bond acceptors (Lipinski definition) is 4. The topological polar surface area (TPSA) is 50.9 Å². The van der Waals surface area contributed by atoms with E-state index in [1.54, 1.807) is 0 Å². The predicted molar refractivity (Wildman–Crippen MR) is 70.1 cm³/mol. The van der Waals surface area contributed by atoms with Gasteiger partial charge in [0.25, 0.3) is 0 Å². The zero-order chi connectivity index (χ0) is 12.5. The number of rotatable bonds is 3. The number of ether oxygens (including phenoxy) is 1. The first-order valence-corrected chi connectivity index (χ1v) is 6.80. The zero-order valence-corrected chi connectivity index (χ0v) is 11.3. The van der Waals surface area contributed by atoms with E-state index in [1.807, 2.05) is 0 Å². The molecule has 2 atom stereocenters. The molecule has 1 saturated heterocycles. The summed E-state index contributed by atoms with van der Waals surface area (Å²) in [4.78, 5) is 6.79. The summed E-state index contributed by atoms with van der Waals surface area (Å²) in [5, 5.41) is 0. The van der Waals surface area contributed by atoms with Crippen molar-refractivity contribution in [2.75, 3.05) is 13.2 Å². The van der Waals surface area contributed by atoms with Gasteiger partial charge in [-0.15, -0.1) is 0 Å². The van der Waals surface area contributed by atoms with E-state index < -0.39 is 0 Å². The van der Waals surface area contributed by atoms with Crippen molar-refractivity contribution in [3.8, 4) is 0 Å². The average Bonchev–Trinajstić information content (AvgIpc) is 2.56. The minimum atomic E-state index is 0.135. The minimum Gasteiger partial charge on any atom is -0.378 e. The van der Waals surface area contributed by atoms with E-state index in [4.69, 9.17) is 10.5 Å². The van der Waals surface area contributed by atoms with E-state index >= 15 is 0 Å². The first-order chi connectivity index (χ1) is 8.09. The Balaban J connectivity index is 2.13. The maximum absolute atomic E-state index is 6.04. The van der Waals surface area contributed by atoms with Crippen molar-refractivity contribution < 1.29 is 4.74 Å². The van der Waals surface area contributed by atoms with Crippen LogP contribution in [0.1, 0.15) is 46.5 Å². The number of hydrogen-bond donors (Lipinski definition) is 1. The molecule has 0 aliphatic carbocycles. The Bertz CT molecular complexity index is 301. The molecule has 1 spiro atoms. The van der Waals surface area contributed by atoms with Crippen LogP contribution in [0.4, 0.5) is 0 Å². The standard InChI is InChI=1S/C13H25N3O/c1-4-5-11-8-13(6-7-17-11)9-15-12(14)16(13)10(2)3/h10-11H,4-9H2,1-3H3,(H2,14,15). The highest BCUT2D eigenvalue weighted by Gasteiger charge is 2.46. The molecule has 17 heavy (non-hydrogen) atoms. The monoisotopic (exact) mass is 239 g/mol. The molecule has 4 heteroatoms. The van der Waals surface area contributed by atoms with Gasteiger partial charge in [0.05, 0.1) is 18.2 Å². The van der Waals surface area contributed by atoms with Crippen LogP contribution < -0.4 is 5.73 Å². The van der Waals surface area contributed by atoms with Gasteiger partial charge < -0.3 is 15.4 Å². The fourth-order valence-electron chi connectivity index (χ4n) is 3.31. The fraction of sp³-hybridized carbons (Fsp3) is 0.923. The van der Waals surface area contributed by atoms with E-state index in [1.165, 1.54) is 6.42 Å². The molecule has 0 radical (unpaired) electrons. The Morgan fingerprint density at radius 1 is 1.59 bits per heavy atom. The highest BCUT2D eigenvalue weighted by Crippen LogP contribution is 2.37. The van der Waals surface area contributed by atoms with Crippen molar-refractivity contribution in [3.05, 3.63) is 0 Å². The SMILES string of the molecule is CCCC1CC2(CCO1)CN=C(N)N2C(C)C. The third-order valence-electron chi connectivity index (χ3n) is 3.95. The van der Waals surface area contributed by atoms with Gasteiger partial charge in [-0.2, -0.15) is 0 Å². The normalized spacial score (nSPS) is 33.5. The lowest BCUT2D eigenvalue weighted by molar-refractivity contribution is -0.0559. The van der Waals surface area contributed by atoms with Crippen LogP contribution in [0.3, 0.4) is 0 Å². The van der Waals surface area contributed by atoms with Crippen LogP contribution in [-0.2, 0) is 4.74 Å². The minimum absolute atomic E-state index is 0.135. The van der Waals surface area contributed by atoms with Crippen LogP contribution in [0.25, 0.3) is 0 Å². The fourth-order valence-corrected chi connectivity index (χ4v) is 3.31. The van der Waals surface area contributed by atoms with Crippen molar-refractivity contribution in [1.29, 1.82) is 0 Å². The molecule has 2 rings (SSSR count). The molecule has 0 aromatic heterocycles. The summed E-state index contributed by atoms with van der Waals surface area (Å²) in [5.74, 6) is 0.720. The maximum atomic E-state index is 6.04. The van der Waals surface area contributed by atoms with Gasteiger partial charge in [-0.25, -0.2) is 0 Å². The molecule has 4 nitrogen and oxygen atoms in total. The van der Waals surface area contributed by atoms with Gasteiger partial charge in [0.2, 0.25) is 0 Å². The van der Waals surface area contributed by atoms with Gasteiger partial charge >= 0.3 is 0 Å². The van der Waals surface area contributed by atoms with Gasteiger partial charge in [0.1, 0.15) is 0 Å². The average molecular weight is 239 g/mol. The lowest BCUT2D eigenvalue weighted by Crippen LogP contribution is -2.58. The summed E-state index contributed by atoms with van der Waals surface area (Å²) < 4.78 is 5.85. The van der Waals surface area contributed by atoms with Crippen LogP contribution >= 0.6 is 0 Å². The van der Waals surface area contributed by atoms with Gasteiger partial charge in [-0.1, -0.05) is 13.3 Å². The summed E-state index contributed by atoms with van der Waals surface area (Å²) in [6.45, 7) is 8.29. The first-order valence-electron chi connectivity index (χ1n) is 6.80. The highest BCUT2D eigenvalue weighted by atomic mass is 16.5. The largest absolute Gasteiger partial charge is 0.378 e. The molecule has 98 valence electrons. The van der Waals surface area contributed by atoms with Gasteiger partial charge in [-0.05, 0) is 33.1 Å². The van der Waals surface area contributed by atoms with E-state index in [-0.39, 0.29) is 5.54 Å². The first kappa shape index (κ1) is 12.7. The quantitative estimate of drug-likeness (QED) is 0.816. The third kappa shape index (κ3) is 2.28. The smallest absolute Gasteiger partial charge is 0.192 e. The summed E-state index contributed by atoms with van der Waals surface area (Å²) in [6.07, 6.45) is 4.83. The predicted octanol–water partition coefficient (Wildman–Crippen LogP) is 1.74. The van der Waals surface area contributed by atoms with Crippen molar-refractivity contribution in [2.45, 2.75) is 64.1 Å². The van der Waals surface area contributed by atoms with Gasteiger partial charge in [-0.3, -0.25) is 4.99 Å². The Kier molecular flexibility index (Phi) is 3.61. The summed E-state index contributed by atoms with van der Waals surface area (Å²) in [5.41, 5.74) is 6.18. The van der Waals surface area contributed by atoms with Crippen molar-refractivity contribution >= 4 is 5.96 Å². The molecule has 0 bridgehead atoms. The molecule has 2 N–H and O–H groups in total. The van der Waals surface area contributed by atoms with E-state index in [9.17, 15) is 0 Å².